The van der Waals surface area contributed by atoms with E-state index in [0.717, 1.165) is 5.56 Å². The molecule has 0 saturated carbocycles. The third kappa shape index (κ3) is 3.49. The van der Waals surface area contributed by atoms with E-state index in [1.807, 2.05) is 0 Å². The lowest BCUT2D eigenvalue weighted by Crippen LogP contribution is -2.45. The Morgan fingerprint density at radius 3 is 2.44 bits per heavy atom. The summed E-state index contributed by atoms with van der Waals surface area (Å²) in [5, 5.41) is 27.3. The SMILES string of the molecule is N=C(N)NC(Cc1ccc(O)cc1)C(=O)O. The molecule has 0 amide bonds. The highest BCUT2D eigenvalue weighted by atomic mass is 16.4. The van der Waals surface area contributed by atoms with E-state index >= 15 is 0 Å². The van der Waals surface area contributed by atoms with Crippen LogP contribution >= 0.6 is 0 Å². The smallest absolute Gasteiger partial charge is 0.326 e. The summed E-state index contributed by atoms with van der Waals surface area (Å²) in [6, 6.07) is 5.24. The van der Waals surface area contributed by atoms with Gasteiger partial charge in [0, 0.05) is 6.42 Å². The summed E-state index contributed by atoms with van der Waals surface area (Å²) >= 11 is 0. The maximum Gasteiger partial charge on any atom is 0.326 e. The number of hydrogen-bond acceptors (Lipinski definition) is 3. The van der Waals surface area contributed by atoms with Gasteiger partial charge in [-0.1, -0.05) is 12.1 Å². The fourth-order valence-corrected chi connectivity index (χ4v) is 1.26. The second kappa shape index (κ2) is 5.01. The van der Waals surface area contributed by atoms with Crippen molar-refractivity contribution in [2.75, 3.05) is 0 Å². The third-order valence-electron chi connectivity index (χ3n) is 2.00. The second-order valence-corrected chi connectivity index (χ2v) is 3.32. The molecule has 0 saturated heterocycles. The van der Waals surface area contributed by atoms with E-state index in [-0.39, 0.29) is 18.1 Å². The lowest BCUT2D eigenvalue weighted by molar-refractivity contribution is -0.139. The van der Waals surface area contributed by atoms with E-state index in [0.29, 0.717) is 0 Å². The number of carboxylic acid groups (broad SMARTS) is 1. The number of benzene rings is 1. The molecule has 1 aromatic rings. The number of carboxylic acids is 1. The Morgan fingerprint density at radius 1 is 1.44 bits per heavy atom. The standard InChI is InChI=1S/C10H13N3O3/c11-10(12)13-8(9(15)16)5-6-1-3-7(14)4-2-6/h1-4,8,14H,5H2,(H,15,16)(H4,11,12,13). The van der Waals surface area contributed by atoms with Crippen molar-refractivity contribution in [3.63, 3.8) is 0 Å². The Hall–Kier alpha value is -2.24. The van der Waals surface area contributed by atoms with Crippen molar-refractivity contribution >= 4 is 11.9 Å². The third-order valence-corrected chi connectivity index (χ3v) is 2.00. The van der Waals surface area contributed by atoms with Gasteiger partial charge in [-0.15, -0.1) is 0 Å². The molecule has 1 rings (SSSR count). The number of rotatable bonds is 4. The summed E-state index contributed by atoms with van der Waals surface area (Å²) in [5.41, 5.74) is 5.81. The molecule has 1 aromatic carbocycles. The summed E-state index contributed by atoms with van der Waals surface area (Å²) in [6.45, 7) is 0. The topological polar surface area (TPSA) is 119 Å². The monoisotopic (exact) mass is 223 g/mol. The molecule has 6 N–H and O–H groups in total. The van der Waals surface area contributed by atoms with Crippen LogP contribution in [0.2, 0.25) is 0 Å². The molecule has 16 heavy (non-hydrogen) atoms. The quantitative estimate of drug-likeness (QED) is 0.360. The van der Waals surface area contributed by atoms with Crippen LogP contribution in [0.25, 0.3) is 0 Å². The van der Waals surface area contributed by atoms with Gasteiger partial charge in [-0.05, 0) is 17.7 Å². The number of nitrogens with two attached hydrogens (primary N) is 1. The second-order valence-electron chi connectivity index (χ2n) is 3.32. The van der Waals surface area contributed by atoms with Gasteiger partial charge >= 0.3 is 5.97 Å². The molecule has 6 nitrogen and oxygen atoms in total. The molecule has 6 heteroatoms. The Bertz CT molecular complexity index is 389. The van der Waals surface area contributed by atoms with Gasteiger partial charge in [0.15, 0.2) is 5.96 Å². The van der Waals surface area contributed by atoms with Gasteiger partial charge in [0.05, 0.1) is 0 Å². The Balaban J connectivity index is 2.71. The fraction of sp³-hybridized carbons (Fsp3) is 0.200. The van der Waals surface area contributed by atoms with Crippen molar-refractivity contribution in [2.45, 2.75) is 12.5 Å². The molecule has 86 valence electrons. The molecule has 0 heterocycles. The van der Waals surface area contributed by atoms with Crippen molar-refractivity contribution in [1.82, 2.24) is 5.32 Å². The summed E-state index contributed by atoms with van der Waals surface area (Å²) < 4.78 is 0. The van der Waals surface area contributed by atoms with Gasteiger partial charge in [-0.2, -0.15) is 0 Å². The zero-order chi connectivity index (χ0) is 12.1. The van der Waals surface area contributed by atoms with Crippen LogP contribution in [-0.4, -0.2) is 28.2 Å². The first-order chi connectivity index (χ1) is 7.49. The van der Waals surface area contributed by atoms with Crippen LogP contribution in [-0.2, 0) is 11.2 Å². The van der Waals surface area contributed by atoms with Crippen LogP contribution in [0.3, 0.4) is 0 Å². The molecular formula is C10H13N3O3. The number of aliphatic carboxylic acids is 1. The molecule has 0 bridgehead atoms. The van der Waals surface area contributed by atoms with Gasteiger partial charge in [0.1, 0.15) is 11.8 Å². The maximum absolute atomic E-state index is 10.8. The van der Waals surface area contributed by atoms with E-state index < -0.39 is 12.0 Å². The van der Waals surface area contributed by atoms with Gasteiger partial charge < -0.3 is 21.3 Å². The normalized spacial score (nSPS) is 11.8. The van der Waals surface area contributed by atoms with Gasteiger partial charge in [-0.25, -0.2) is 4.79 Å². The van der Waals surface area contributed by atoms with Gasteiger partial charge in [0.25, 0.3) is 0 Å². The molecule has 1 unspecified atom stereocenters. The van der Waals surface area contributed by atoms with E-state index in [4.69, 9.17) is 21.4 Å². The molecule has 0 fully saturated rings. The number of carbonyl (C=O) groups is 1. The average molecular weight is 223 g/mol. The molecule has 0 aliphatic heterocycles. The van der Waals surface area contributed by atoms with E-state index in [1.54, 1.807) is 12.1 Å². The first kappa shape index (κ1) is 11.8. The number of hydrogen-bond donors (Lipinski definition) is 5. The number of guanidine groups is 1. The highest BCUT2D eigenvalue weighted by Crippen LogP contribution is 2.11. The lowest BCUT2D eigenvalue weighted by atomic mass is 10.1. The maximum atomic E-state index is 10.8. The molecule has 0 aromatic heterocycles. The lowest BCUT2D eigenvalue weighted by Gasteiger charge is -2.14. The molecule has 0 spiro atoms. The minimum absolute atomic E-state index is 0.121. The Morgan fingerprint density at radius 2 is 2.00 bits per heavy atom. The first-order valence-corrected chi connectivity index (χ1v) is 4.60. The highest BCUT2D eigenvalue weighted by molar-refractivity contribution is 5.82. The molecule has 0 aliphatic carbocycles. The Labute approximate surface area is 92.2 Å². The van der Waals surface area contributed by atoms with Crippen LogP contribution in [0.4, 0.5) is 0 Å². The predicted molar refractivity (Wildman–Crippen MR) is 58.3 cm³/mol. The largest absolute Gasteiger partial charge is 0.508 e. The minimum Gasteiger partial charge on any atom is -0.508 e. The van der Waals surface area contributed by atoms with Crippen LogP contribution in [0.5, 0.6) is 5.75 Å². The number of phenolic OH excluding ortho intramolecular Hbond substituents is 1. The van der Waals surface area contributed by atoms with E-state index in [1.165, 1.54) is 12.1 Å². The number of phenols is 1. The fourth-order valence-electron chi connectivity index (χ4n) is 1.26. The predicted octanol–water partition coefficient (Wildman–Crippen LogP) is -0.129. The van der Waals surface area contributed by atoms with Crippen molar-refractivity contribution in [1.29, 1.82) is 5.41 Å². The van der Waals surface area contributed by atoms with Crippen LogP contribution in [0.15, 0.2) is 24.3 Å². The first-order valence-electron chi connectivity index (χ1n) is 4.60. The number of nitrogens with one attached hydrogen (secondary N) is 2. The van der Waals surface area contributed by atoms with Gasteiger partial charge in [-0.3, -0.25) is 5.41 Å². The zero-order valence-electron chi connectivity index (χ0n) is 8.47. The van der Waals surface area contributed by atoms with Crippen LogP contribution < -0.4 is 11.1 Å². The Kier molecular flexibility index (Phi) is 3.71. The van der Waals surface area contributed by atoms with Crippen LogP contribution in [0, 0.1) is 5.41 Å². The number of aromatic hydroxyl groups is 1. The molecule has 0 aliphatic rings. The van der Waals surface area contributed by atoms with Gasteiger partial charge in [0.2, 0.25) is 0 Å². The molecular weight excluding hydrogens is 210 g/mol. The summed E-state index contributed by atoms with van der Waals surface area (Å²) in [4.78, 5) is 10.8. The summed E-state index contributed by atoms with van der Waals surface area (Å²) in [7, 11) is 0. The van der Waals surface area contributed by atoms with Crippen molar-refractivity contribution < 1.29 is 15.0 Å². The van der Waals surface area contributed by atoms with Crippen LogP contribution in [0.1, 0.15) is 5.56 Å². The van der Waals surface area contributed by atoms with Crippen molar-refractivity contribution in [3.05, 3.63) is 29.8 Å². The van der Waals surface area contributed by atoms with Crippen molar-refractivity contribution in [2.24, 2.45) is 5.73 Å². The van der Waals surface area contributed by atoms with E-state index in [9.17, 15) is 4.79 Å². The van der Waals surface area contributed by atoms with Crippen molar-refractivity contribution in [3.8, 4) is 5.75 Å². The summed E-state index contributed by atoms with van der Waals surface area (Å²) in [6.07, 6.45) is 0.190. The highest BCUT2D eigenvalue weighted by Gasteiger charge is 2.17. The average Bonchev–Trinajstić information content (AvgIpc) is 2.19. The molecule has 1 atom stereocenters. The summed E-state index contributed by atoms with van der Waals surface area (Å²) in [5.74, 6) is -1.34. The minimum atomic E-state index is -1.08. The van der Waals surface area contributed by atoms with E-state index in [2.05, 4.69) is 5.32 Å². The zero-order valence-corrected chi connectivity index (χ0v) is 8.47. The molecule has 0 radical (unpaired) electrons.